The molecular formula is C20H18FN5. The molecule has 0 bridgehead atoms. The number of nitrogens with zero attached hydrogens (tertiary/aromatic N) is 5. The molecule has 2 aliphatic rings. The van der Waals surface area contributed by atoms with Crippen LogP contribution in [0.2, 0.25) is 0 Å². The highest BCUT2D eigenvalue weighted by molar-refractivity contribution is 6.15. The van der Waals surface area contributed by atoms with Crippen LogP contribution in [0.4, 0.5) is 10.2 Å². The number of anilines is 1. The summed E-state index contributed by atoms with van der Waals surface area (Å²) in [5.74, 6) is 0.816. The van der Waals surface area contributed by atoms with Crippen molar-refractivity contribution in [2.24, 2.45) is 12.0 Å². The third-order valence-corrected chi connectivity index (χ3v) is 4.99. The standard InChI is InChI=1S/C20H18FN5/c1-25-10-16(9-24-25)13-2-3-15-8-23-20(18(15)6-13)14-4-5-22-19(7-14)26-11-17(21)12-26/h2-7,9-10,17H,8,11-12H2,1H3. The molecule has 0 N–H and O–H groups in total. The first-order chi connectivity index (χ1) is 12.7. The van der Waals surface area contributed by atoms with Gasteiger partial charge in [-0.1, -0.05) is 12.1 Å². The molecule has 1 saturated heterocycles. The number of hydrogen-bond acceptors (Lipinski definition) is 4. The number of rotatable bonds is 3. The van der Waals surface area contributed by atoms with Gasteiger partial charge in [-0.2, -0.15) is 5.10 Å². The van der Waals surface area contributed by atoms with Gasteiger partial charge in [-0.15, -0.1) is 0 Å². The van der Waals surface area contributed by atoms with Crippen LogP contribution in [0, 0.1) is 0 Å². The molecule has 1 fully saturated rings. The lowest BCUT2D eigenvalue weighted by molar-refractivity contribution is 0.273. The van der Waals surface area contributed by atoms with Gasteiger partial charge < -0.3 is 4.90 Å². The van der Waals surface area contributed by atoms with Crippen LogP contribution < -0.4 is 4.90 Å². The smallest absolute Gasteiger partial charge is 0.135 e. The van der Waals surface area contributed by atoms with Gasteiger partial charge >= 0.3 is 0 Å². The summed E-state index contributed by atoms with van der Waals surface area (Å²) in [6.45, 7) is 1.53. The van der Waals surface area contributed by atoms with Crippen LogP contribution in [0.3, 0.4) is 0 Å². The lowest BCUT2D eigenvalue weighted by Gasteiger charge is -2.35. The summed E-state index contributed by atoms with van der Waals surface area (Å²) >= 11 is 0. The molecule has 0 unspecified atom stereocenters. The SMILES string of the molecule is Cn1cc(-c2ccc3c(c2)C(c2ccnc(N4CC(F)C4)c2)=NC3)cn1. The Morgan fingerprint density at radius 3 is 2.73 bits per heavy atom. The Kier molecular flexibility index (Phi) is 3.38. The minimum atomic E-state index is -0.743. The topological polar surface area (TPSA) is 46.3 Å². The number of alkyl halides is 1. The molecule has 5 rings (SSSR count). The van der Waals surface area contributed by atoms with E-state index in [1.54, 1.807) is 10.9 Å². The molecule has 0 aliphatic carbocycles. The Morgan fingerprint density at radius 1 is 1.08 bits per heavy atom. The van der Waals surface area contributed by atoms with Gasteiger partial charge in [0.25, 0.3) is 0 Å². The van der Waals surface area contributed by atoms with E-state index in [-0.39, 0.29) is 0 Å². The van der Waals surface area contributed by atoms with E-state index in [0.717, 1.165) is 33.8 Å². The van der Waals surface area contributed by atoms with E-state index in [4.69, 9.17) is 4.99 Å². The van der Waals surface area contributed by atoms with Crippen LogP contribution in [0.15, 0.2) is 53.9 Å². The molecule has 6 heteroatoms. The summed E-state index contributed by atoms with van der Waals surface area (Å²) in [5.41, 5.74) is 6.59. The minimum Gasteiger partial charge on any atom is -0.351 e. The van der Waals surface area contributed by atoms with Gasteiger partial charge in [0.2, 0.25) is 0 Å². The lowest BCUT2D eigenvalue weighted by Crippen LogP contribution is -2.48. The van der Waals surface area contributed by atoms with Gasteiger partial charge in [-0.05, 0) is 29.3 Å². The highest BCUT2D eigenvalue weighted by atomic mass is 19.1. The van der Waals surface area contributed by atoms with E-state index >= 15 is 0 Å². The quantitative estimate of drug-likeness (QED) is 0.732. The third-order valence-electron chi connectivity index (χ3n) is 4.99. The van der Waals surface area contributed by atoms with E-state index in [0.29, 0.717) is 19.6 Å². The summed E-state index contributed by atoms with van der Waals surface area (Å²) < 4.78 is 15.0. The third kappa shape index (κ3) is 2.49. The van der Waals surface area contributed by atoms with Crippen molar-refractivity contribution in [1.29, 1.82) is 0 Å². The molecule has 0 saturated carbocycles. The van der Waals surface area contributed by atoms with Gasteiger partial charge in [0, 0.05) is 36.1 Å². The van der Waals surface area contributed by atoms with Crippen molar-refractivity contribution < 1.29 is 4.39 Å². The molecule has 2 aromatic heterocycles. The highest BCUT2D eigenvalue weighted by Crippen LogP contribution is 2.30. The number of aromatic nitrogens is 3. The summed E-state index contributed by atoms with van der Waals surface area (Å²) in [5, 5.41) is 4.26. The molecule has 130 valence electrons. The van der Waals surface area contributed by atoms with E-state index in [2.05, 4.69) is 28.3 Å². The fraction of sp³-hybridized carbons (Fsp3) is 0.250. The van der Waals surface area contributed by atoms with E-state index in [9.17, 15) is 4.39 Å². The van der Waals surface area contributed by atoms with Crippen molar-refractivity contribution in [1.82, 2.24) is 14.8 Å². The summed E-state index contributed by atoms with van der Waals surface area (Å²) in [6.07, 6.45) is 4.92. The number of aliphatic imine (C=N–C) groups is 1. The van der Waals surface area contributed by atoms with Crippen LogP contribution in [-0.4, -0.2) is 39.7 Å². The van der Waals surface area contributed by atoms with Crippen LogP contribution in [-0.2, 0) is 13.6 Å². The highest BCUT2D eigenvalue weighted by Gasteiger charge is 2.28. The number of halogens is 1. The molecule has 4 heterocycles. The van der Waals surface area contributed by atoms with Crippen molar-refractivity contribution in [3.8, 4) is 11.1 Å². The normalized spacial score (nSPS) is 16.4. The Balaban J connectivity index is 1.50. The Morgan fingerprint density at radius 2 is 1.96 bits per heavy atom. The number of aryl methyl sites for hydroxylation is 1. The van der Waals surface area contributed by atoms with Gasteiger partial charge in [-0.25, -0.2) is 9.37 Å². The maximum atomic E-state index is 13.2. The molecule has 2 aliphatic heterocycles. The van der Waals surface area contributed by atoms with Gasteiger partial charge in [0.1, 0.15) is 12.0 Å². The maximum absolute atomic E-state index is 13.2. The van der Waals surface area contributed by atoms with Gasteiger partial charge in [0.05, 0.1) is 31.5 Å². The number of hydrogen-bond donors (Lipinski definition) is 0. The monoisotopic (exact) mass is 347 g/mol. The largest absolute Gasteiger partial charge is 0.351 e. The Labute approximate surface area is 150 Å². The number of pyridine rings is 1. The maximum Gasteiger partial charge on any atom is 0.135 e. The van der Waals surface area contributed by atoms with E-state index < -0.39 is 6.17 Å². The lowest BCUT2D eigenvalue weighted by atomic mass is 9.96. The van der Waals surface area contributed by atoms with E-state index in [1.807, 2.05) is 36.5 Å². The number of fused-ring (bicyclic) bond motifs is 1. The molecule has 1 aromatic carbocycles. The average molecular weight is 347 g/mol. The minimum absolute atomic E-state index is 0.421. The molecule has 0 amide bonds. The molecule has 0 radical (unpaired) electrons. The first-order valence-corrected chi connectivity index (χ1v) is 8.69. The van der Waals surface area contributed by atoms with Gasteiger partial charge in [-0.3, -0.25) is 9.67 Å². The molecule has 0 atom stereocenters. The van der Waals surface area contributed by atoms with Crippen molar-refractivity contribution in [3.63, 3.8) is 0 Å². The van der Waals surface area contributed by atoms with Crippen LogP contribution in [0.1, 0.15) is 16.7 Å². The van der Waals surface area contributed by atoms with Crippen molar-refractivity contribution in [3.05, 3.63) is 65.6 Å². The second kappa shape index (κ2) is 5.76. The molecule has 26 heavy (non-hydrogen) atoms. The predicted octanol–water partition coefficient (Wildman–Crippen LogP) is 2.99. The first kappa shape index (κ1) is 15.3. The molecular weight excluding hydrogens is 329 g/mol. The van der Waals surface area contributed by atoms with Gasteiger partial charge in [0.15, 0.2) is 0 Å². The number of benzene rings is 1. The summed E-state index contributed by atoms with van der Waals surface area (Å²) in [4.78, 5) is 11.1. The van der Waals surface area contributed by atoms with Crippen LogP contribution >= 0.6 is 0 Å². The first-order valence-electron chi connectivity index (χ1n) is 8.69. The van der Waals surface area contributed by atoms with E-state index in [1.165, 1.54) is 5.56 Å². The van der Waals surface area contributed by atoms with Crippen molar-refractivity contribution in [2.45, 2.75) is 12.7 Å². The zero-order valence-electron chi connectivity index (χ0n) is 14.4. The summed E-state index contributed by atoms with van der Waals surface area (Å²) in [6, 6.07) is 10.4. The summed E-state index contributed by atoms with van der Waals surface area (Å²) in [7, 11) is 1.92. The second-order valence-corrected chi connectivity index (χ2v) is 6.84. The Bertz CT molecular complexity index is 1020. The van der Waals surface area contributed by atoms with Crippen LogP contribution in [0.25, 0.3) is 11.1 Å². The molecule has 0 spiro atoms. The average Bonchev–Trinajstić information content (AvgIpc) is 3.24. The molecule has 3 aromatic rings. The Hall–Kier alpha value is -3.02. The van der Waals surface area contributed by atoms with Crippen LogP contribution in [0.5, 0.6) is 0 Å². The molecule has 5 nitrogen and oxygen atoms in total. The van der Waals surface area contributed by atoms with Crippen molar-refractivity contribution in [2.75, 3.05) is 18.0 Å². The van der Waals surface area contributed by atoms with Crippen molar-refractivity contribution >= 4 is 11.5 Å². The fourth-order valence-corrected chi connectivity index (χ4v) is 3.53. The zero-order chi connectivity index (χ0) is 17.7. The fourth-order valence-electron chi connectivity index (χ4n) is 3.53. The second-order valence-electron chi connectivity index (χ2n) is 6.84. The zero-order valence-corrected chi connectivity index (χ0v) is 14.4. The predicted molar refractivity (Wildman–Crippen MR) is 99.3 cm³/mol.